The molecule has 0 bridgehead atoms. The molecule has 2 rings (SSSR count). The Balaban J connectivity index is 2.08. The third-order valence-corrected chi connectivity index (χ3v) is 3.99. The molecule has 13 heavy (non-hydrogen) atoms. The van der Waals surface area contributed by atoms with Gasteiger partial charge in [0.2, 0.25) is 0 Å². The summed E-state index contributed by atoms with van der Waals surface area (Å²) in [5, 5.41) is 0.846. The molecule has 1 aliphatic rings. The van der Waals surface area contributed by atoms with Crippen LogP contribution in [0.5, 0.6) is 0 Å². The highest BCUT2D eigenvalue weighted by atomic mass is 32.2. The lowest BCUT2D eigenvalue weighted by molar-refractivity contribution is 0.589. The summed E-state index contributed by atoms with van der Waals surface area (Å²) in [5.74, 6) is 2.15. The minimum absolute atomic E-state index is 0.817. The molecule has 0 spiro atoms. The predicted octanol–water partition coefficient (Wildman–Crippen LogP) is 3.69. The van der Waals surface area contributed by atoms with Gasteiger partial charge >= 0.3 is 0 Å². The molecule has 70 valence electrons. The van der Waals surface area contributed by atoms with E-state index in [9.17, 15) is 0 Å². The highest BCUT2D eigenvalue weighted by molar-refractivity contribution is 7.99. The van der Waals surface area contributed by atoms with Crippen molar-refractivity contribution in [3.05, 3.63) is 35.9 Å². The zero-order valence-corrected chi connectivity index (χ0v) is 8.89. The van der Waals surface area contributed by atoms with Crippen LogP contribution >= 0.6 is 11.8 Å². The molecule has 0 aliphatic carbocycles. The van der Waals surface area contributed by atoms with E-state index in [4.69, 9.17) is 0 Å². The molecule has 1 saturated heterocycles. The van der Waals surface area contributed by atoms with Crippen LogP contribution in [-0.4, -0.2) is 11.0 Å². The van der Waals surface area contributed by atoms with Gasteiger partial charge in [-0.3, -0.25) is 0 Å². The minimum atomic E-state index is 0.817. The lowest BCUT2D eigenvalue weighted by atomic mass is 9.92. The molecule has 0 N–H and O–H groups in total. The highest BCUT2D eigenvalue weighted by Crippen LogP contribution is 2.35. The largest absolute Gasteiger partial charge is 0.159 e. The highest BCUT2D eigenvalue weighted by Gasteiger charge is 2.19. The summed E-state index contributed by atoms with van der Waals surface area (Å²) in [6.07, 6.45) is 2.72. The number of hydrogen-bond acceptors (Lipinski definition) is 1. The Kier molecular flexibility index (Phi) is 2.94. The molecule has 2 atom stereocenters. The molecule has 0 radical (unpaired) electrons. The molecule has 0 amide bonds. The van der Waals surface area contributed by atoms with Crippen molar-refractivity contribution in [3.8, 4) is 0 Å². The zero-order chi connectivity index (χ0) is 9.10. The van der Waals surface area contributed by atoms with Gasteiger partial charge in [-0.15, -0.1) is 0 Å². The molecule has 0 saturated carbocycles. The molecule has 1 fully saturated rings. The van der Waals surface area contributed by atoms with Gasteiger partial charge in [0.05, 0.1) is 0 Å². The second kappa shape index (κ2) is 4.19. The van der Waals surface area contributed by atoms with Crippen LogP contribution in [0.25, 0.3) is 0 Å². The fourth-order valence-electron chi connectivity index (χ4n) is 2.03. The van der Waals surface area contributed by atoms with E-state index in [0.717, 1.165) is 11.2 Å². The minimum Gasteiger partial charge on any atom is -0.159 e. The number of thioether (sulfide) groups is 1. The molecular weight excluding hydrogens is 176 g/mol. The van der Waals surface area contributed by atoms with Crippen LogP contribution in [0.3, 0.4) is 0 Å². The second-order valence-electron chi connectivity index (χ2n) is 3.81. The summed E-state index contributed by atoms with van der Waals surface area (Å²) in [7, 11) is 0. The van der Waals surface area contributed by atoms with Crippen LogP contribution in [0.2, 0.25) is 0 Å². The molecule has 1 aromatic carbocycles. The van der Waals surface area contributed by atoms with Crippen molar-refractivity contribution in [2.45, 2.75) is 30.9 Å². The first-order chi connectivity index (χ1) is 6.36. The molecule has 1 aromatic rings. The maximum atomic E-state index is 2.35. The maximum absolute atomic E-state index is 2.35. The quantitative estimate of drug-likeness (QED) is 0.654. The third-order valence-electron chi connectivity index (χ3n) is 2.76. The average molecular weight is 192 g/mol. The van der Waals surface area contributed by atoms with E-state index in [1.54, 1.807) is 0 Å². The molecule has 0 nitrogen and oxygen atoms in total. The lowest BCUT2D eigenvalue weighted by Gasteiger charge is -2.26. The molecule has 1 aliphatic heterocycles. The van der Waals surface area contributed by atoms with Crippen LogP contribution in [0.1, 0.15) is 31.2 Å². The van der Waals surface area contributed by atoms with Gasteiger partial charge in [0, 0.05) is 5.25 Å². The smallest absolute Gasteiger partial charge is 0.00245 e. The summed E-state index contributed by atoms with van der Waals surface area (Å²) < 4.78 is 0. The van der Waals surface area contributed by atoms with Crippen LogP contribution in [0.4, 0.5) is 0 Å². The van der Waals surface area contributed by atoms with Gasteiger partial charge in [0.1, 0.15) is 0 Å². The summed E-state index contributed by atoms with van der Waals surface area (Å²) >= 11 is 2.12. The predicted molar refractivity (Wildman–Crippen MR) is 60.3 cm³/mol. The van der Waals surface area contributed by atoms with E-state index in [0.29, 0.717) is 0 Å². The lowest BCUT2D eigenvalue weighted by Crippen LogP contribution is -2.14. The Morgan fingerprint density at radius 1 is 1.23 bits per heavy atom. The number of benzene rings is 1. The van der Waals surface area contributed by atoms with Gasteiger partial charge in [0.25, 0.3) is 0 Å². The van der Waals surface area contributed by atoms with E-state index in [2.05, 4.69) is 49.0 Å². The third kappa shape index (κ3) is 2.28. The van der Waals surface area contributed by atoms with Crippen LogP contribution in [-0.2, 0) is 0 Å². The van der Waals surface area contributed by atoms with Crippen molar-refractivity contribution in [2.24, 2.45) is 0 Å². The van der Waals surface area contributed by atoms with E-state index in [1.165, 1.54) is 24.2 Å². The van der Waals surface area contributed by atoms with E-state index < -0.39 is 0 Å². The van der Waals surface area contributed by atoms with Gasteiger partial charge < -0.3 is 0 Å². The van der Waals surface area contributed by atoms with E-state index in [-0.39, 0.29) is 0 Å². The van der Waals surface area contributed by atoms with E-state index >= 15 is 0 Å². The van der Waals surface area contributed by atoms with Crippen molar-refractivity contribution < 1.29 is 0 Å². The van der Waals surface area contributed by atoms with Crippen molar-refractivity contribution in [2.75, 3.05) is 5.75 Å². The Morgan fingerprint density at radius 2 is 2.00 bits per heavy atom. The van der Waals surface area contributed by atoms with Crippen molar-refractivity contribution >= 4 is 11.8 Å². The summed E-state index contributed by atoms with van der Waals surface area (Å²) in [6, 6.07) is 11.0. The molecule has 1 heterocycles. The van der Waals surface area contributed by atoms with Crippen molar-refractivity contribution in [1.82, 2.24) is 0 Å². The van der Waals surface area contributed by atoms with Gasteiger partial charge in [-0.05, 0) is 30.1 Å². The zero-order valence-electron chi connectivity index (χ0n) is 8.07. The molecule has 1 heteroatoms. The first-order valence-electron chi connectivity index (χ1n) is 5.03. The average Bonchev–Trinajstić information content (AvgIpc) is 2.19. The molecule has 0 aromatic heterocycles. The van der Waals surface area contributed by atoms with Gasteiger partial charge in [-0.25, -0.2) is 0 Å². The maximum Gasteiger partial charge on any atom is 0.00245 e. The van der Waals surface area contributed by atoms with Gasteiger partial charge in [-0.1, -0.05) is 37.3 Å². The first kappa shape index (κ1) is 9.14. The Morgan fingerprint density at radius 3 is 2.69 bits per heavy atom. The van der Waals surface area contributed by atoms with Crippen molar-refractivity contribution in [1.29, 1.82) is 0 Å². The SMILES string of the molecule is C[C@@H]1C[C@@H](c2ccccc2)CCS1. The monoisotopic (exact) mass is 192 g/mol. The second-order valence-corrected chi connectivity index (χ2v) is 5.36. The van der Waals surface area contributed by atoms with Gasteiger partial charge in [0.15, 0.2) is 0 Å². The molecular formula is C12H16S. The fraction of sp³-hybridized carbons (Fsp3) is 0.500. The van der Waals surface area contributed by atoms with Crippen LogP contribution < -0.4 is 0 Å². The van der Waals surface area contributed by atoms with Crippen LogP contribution in [0.15, 0.2) is 30.3 Å². The Bertz CT molecular complexity index is 255. The molecule has 0 unspecified atom stereocenters. The first-order valence-corrected chi connectivity index (χ1v) is 6.07. The number of hydrogen-bond donors (Lipinski definition) is 0. The Hall–Kier alpha value is -0.430. The van der Waals surface area contributed by atoms with Crippen molar-refractivity contribution in [3.63, 3.8) is 0 Å². The topological polar surface area (TPSA) is 0 Å². The van der Waals surface area contributed by atoms with Gasteiger partial charge in [-0.2, -0.15) is 11.8 Å². The Labute approximate surface area is 84.7 Å². The number of rotatable bonds is 1. The summed E-state index contributed by atoms with van der Waals surface area (Å²) in [6.45, 7) is 2.35. The summed E-state index contributed by atoms with van der Waals surface area (Å²) in [5.41, 5.74) is 1.54. The van der Waals surface area contributed by atoms with Crippen LogP contribution in [0, 0.1) is 0 Å². The standard InChI is InChI=1S/C12H16S/c1-10-9-12(7-8-13-10)11-5-3-2-4-6-11/h2-6,10,12H,7-9H2,1H3/t10-,12+/m1/s1. The summed E-state index contributed by atoms with van der Waals surface area (Å²) in [4.78, 5) is 0. The fourth-order valence-corrected chi connectivity index (χ4v) is 3.22. The van der Waals surface area contributed by atoms with E-state index in [1.807, 2.05) is 0 Å². The normalized spacial score (nSPS) is 28.7.